The third kappa shape index (κ3) is 11.3. The fraction of sp³-hybridized carbons (Fsp3) is 0.200. The molecule has 0 spiro atoms. The van der Waals surface area contributed by atoms with Crippen LogP contribution in [0.15, 0.2) is 102 Å². The van der Waals surface area contributed by atoms with Crippen molar-refractivity contribution in [2.24, 2.45) is 11.1 Å². The average Bonchev–Trinajstić information content (AvgIpc) is 3.42. The number of amides is 2. The number of carboxylic acids is 2. The number of nitrogens with zero attached hydrogens (tertiary/aromatic N) is 1. The molecule has 0 unspecified atom stereocenters. The van der Waals surface area contributed by atoms with Gasteiger partial charge in [0, 0.05) is 23.1 Å². The lowest BCUT2D eigenvalue weighted by Gasteiger charge is -2.16. The molecule has 1 heterocycles. The molecule has 0 aliphatic rings. The Bertz CT molecular complexity index is 2440. The molecule has 17 heteroatoms. The number of nitrogens with one attached hydrogen (secondary N) is 2. The monoisotopic (exact) mass is 800 g/mol. The highest BCUT2D eigenvalue weighted by atomic mass is 32.2. The lowest BCUT2D eigenvalue weighted by molar-refractivity contribution is -0.143. The molecule has 0 saturated carbocycles. The van der Waals surface area contributed by atoms with Gasteiger partial charge < -0.3 is 35.3 Å². The van der Waals surface area contributed by atoms with Crippen molar-refractivity contribution in [2.45, 2.75) is 39.1 Å². The summed E-state index contributed by atoms with van der Waals surface area (Å²) in [5.41, 5.74) is 7.03. The molecule has 4 aromatic carbocycles. The molecule has 2 amide bonds. The van der Waals surface area contributed by atoms with E-state index in [1.807, 2.05) is 34.9 Å². The number of aliphatic carboxylic acids is 2. The number of nitrogens with two attached hydrogens (primary N) is 1. The van der Waals surface area contributed by atoms with Crippen LogP contribution in [0.3, 0.4) is 0 Å². The van der Waals surface area contributed by atoms with Gasteiger partial charge in [0.25, 0.3) is 27.6 Å². The molecule has 6 N–H and O–H groups in total. The number of ketones is 1. The van der Waals surface area contributed by atoms with Crippen LogP contribution in [0.25, 0.3) is 10.9 Å². The number of primary amides is 1. The highest BCUT2D eigenvalue weighted by molar-refractivity contribution is 7.92. The second-order valence-corrected chi connectivity index (χ2v) is 15.1. The lowest BCUT2D eigenvalue weighted by Crippen LogP contribution is -2.30. The molecule has 0 fully saturated rings. The van der Waals surface area contributed by atoms with E-state index in [4.69, 9.17) is 25.4 Å². The Labute approximate surface area is 327 Å². The van der Waals surface area contributed by atoms with Gasteiger partial charge in [0.2, 0.25) is 0 Å². The van der Waals surface area contributed by atoms with E-state index in [-0.39, 0.29) is 27.5 Å². The highest BCUT2D eigenvalue weighted by Crippen LogP contribution is 2.31. The first kappa shape index (κ1) is 42.7. The van der Waals surface area contributed by atoms with E-state index >= 15 is 0 Å². The van der Waals surface area contributed by atoms with Crippen LogP contribution in [0.1, 0.15) is 52.7 Å². The number of anilines is 1. The van der Waals surface area contributed by atoms with Crippen LogP contribution in [-0.4, -0.2) is 71.9 Å². The number of hydrogen-bond acceptors (Lipinski definition) is 10. The van der Waals surface area contributed by atoms with Crippen LogP contribution < -0.4 is 25.2 Å². The van der Waals surface area contributed by atoms with Gasteiger partial charge in [0.05, 0.1) is 27.1 Å². The molecule has 0 aliphatic heterocycles. The van der Waals surface area contributed by atoms with E-state index < -0.39 is 64.1 Å². The summed E-state index contributed by atoms with van der Waals surface area (Å²) >= 11 is 0. The Balaban J connectivity index is 0.000000254. The Morgan fingerprint density at radius 3 is 2.02 bits per heavy atom. The topological polar surface area (TPSA) is 250 Å². The smallest absolute Gasteiger partial charge is 0.341 e. The molecule has 16 nitrogen and oxygen atoms in total. The number of sulfonamides is 1. The first-order valence-corrected chi connectivity index (χ1v) is 18.6. The molecule has 0 saturated heterocycles. The molecule has 0 atom stereocenters. The molecule has 0 aliphatic carbocycles. The largest absolute Gasteiger partial charge is 0.482 e. The van der Waals surface area contributed by atoms with Crippen LogP contribution in [0, 0.1) is 12.3 Å². The number of aromatic nitrogens is 1. The maximum atomic E-state index is 12.7. The zero-order valence-electron chi connectivity index (χ0n) is 31.3. The predicted octanol–water partition coefficient (Wildman–Crippen LogP) is 4.38. The summed E-state index contributed by atoms with van der Waals surface area (Å²) in [6.45, 7) is 6.23. The van der Waals surface area contributed by atoms with E-state index in [9.17, 15) is 37.2 Å². The fourth-order valence-electron chi connectivity index (χ4n) is 5.25. The summed E-state index contributed by atoms with van der Waals surface area (Å²) in [7, 11) is -4.06. The third-order valence-corrected chi connectivity index (χ3v) is 9.45. The minimum atomic E-state index is -4.06. The predicted molar refractivity (Wildman–Crippen MR) is 208 cm³/mol. The molecular weight excluding hydrogens is 761 g/mol. The van der Waals surface area contributed by atoms with E-state index in [1.165, 1.54) is 48.5 Å². The Hall–Kier alpha value is -7.01. The molecule has 298 valence electrons. The zero-order valence-corrected chi connectivity index (χ0v) is 32.1. The maximum absolute atomic E-state index is 12.7. The van der Waals surface area contributed by atoms with Crippen LogP contribution in [-0.2, 0) is 35.7 Å². The number of ether oxygens (including phenoxy) is 2. The first-order valence-electron chi connectivity index (χ1n) is 17.1. The van der Waals surface area contributed by atoms with E-state index in [0.29, 0.717) is 23.4 Å². The van der Waals surface area contributed by atoms with Gasteiger partial charge in [-0.1, -0.05) is 42.5 Å². The molecule has 1 aromatic heterocycles. The summed E-state index contributed by atoms with van der Waals surface area (Å²) in [6, 6.07) is 25.6. The lowest BCUT2D eigenvalue weighted by atomic mass is 9.97. The SMILES string of the molecule is CC(C)(C)C(=O)Oc1ccc(S(=O)(=O)Nc2ccccc2C(=O)NCC(=O)O)cc1.Cc1c(C(=O)C(N)=O)c2cc(OCC(=O)O)ccc2n1Cc1ccccc1. The summed E-state index contributed by atoms with van der Waals surface area (Å²) in [5, 5.41) is 20.1. The summed E-state index contributed by atoms with van der Waals surface area (Å²) in [5.74, 6) is -4.89. The minimum Gasteiger partial charge on any atom is -0.482 e. The van der Waals surface area contributed by atoms with Gasteiger partial charge in [-0.05, 0) is 87.9 Å². The highest BCUT2D eigenvalue weighted by Gasteiger charge is 2.26. The average molecular weight is 801 g/mol. The van der Waals surface area contributed by atoms with Crippen molar-refractivity contribution in [1.29, 1.82) is 0 Å². The standard InChI is InChI=1S/C20H22N2O7S.C20H18N2O5/c1-20(2,3)19(26)29-13-8-10-14(11-9-13)30(27,28)22-16-7-5-4-6-15(16)18(25)21-12-17(23)24;1-12-18(19(25)20(21)26)15-9-14(27-11-17(23)24)7-8-16(15)22(12)10-13-5-3-2-4-6-13/h4-11,22H,12H2,1-3H3,(H,21,25)(H,23,24);2-9H,10-11H2,1H3,(H2,21,26)(H,23,24). The number of hydrogen-bond donors (Lipinski definition) is 5. The van der Waals surface area contributed by atoms with Crippen molar-refractivity contribution in [1.82, 2.24) is 9.88 Å². The van der Waals surface area contributed by atoms with Crippen LogP contribution in [0.4, 0.5) is 5.69 Å². The second kappa shape index (κ2) is 18.1. The van der Waals surface area contributed by atoms with E-state index in [2.05, 4.69) is 10.0 Å². The summed E-state index contributed by atoms with van der Waals surface area (Å²) in [6.07, 6.45) is 0. The van der Waals surface area contributed by atoms with Crippen molar-refractivity contribution >= 4 is 62.1 Å². The molecular formula is C40H40N4O12S. The van der Waals surface area contributed by atoms with Gasteiger partial charge in [-0.3, -0.25) is 28.7 Å². The fourth-order valence-corrected chi connectivity index (χ4v) is 6.33. The number of carbonyl (C=O) groups excluding carboxylic acids is 4. The third-order valence-electron chi connectivity index (χ3n) is 8.06. The Morgan fingerprint density at radius 1 is 0.807 bits per heavy atom. The van der Waals surface area contributed by atoms with Crippen LogP contribution in [0.5, 0.6) is 11.5 Å². The van der Waals surface area contributed by atoms with Gasteiger partial charge in [-0.25, -0.2) is 13.2 Å². The molecule has 57 heavy (non-hydrogen) atoms. The quantitative estimate of drug-likeness (QED) is 0.0454. The number of esters is 1. The van der Waals surface area contributed by atoms with Crippen molar-refractivity contribution in [2.75, 3.05) is 17.9 Å². The minimum absolute atomic E-state index is 0.0105. The molecule has 0 radical (unpaired) electrons. The Kier molecular flexibility index (Phi) is 13.6. The second-order valence-electron chi connectivity index (χ2n) is 13.4. The summed E-state index contributed by atoms with van der Waals surface area (Å²) < 4.78 is 40.0. The van der Waals surface area contributed by atoms with Crippen molar-refractivity contribution in [3.8, 4) is 11.5 Å². The summed E-state index contributed by atoms with van der Waals surface area (Å²) in [4.78, 5) is 69.2. The maximum Gasteiger partial charge on any atom is 0.341 e. The van der Waals surface area contributed by atoms with Gasteiger partial charge in [0.1, 0.15) is 18.0 Å². The van der Waals surface area contributed by atoms with Crippen molar-refractivity contribution < 1.29 is 56.9 Å². The number of para-hydroxylation sites is 1. The number of fused-ring (bicyclic) bond motifs is 1. The normalized spacial score (nSPS) is 11.1. The van der Waals surface area contributed by atoms with Gasteiger partial charge in [-0.15, -0.1) is 0 Å². The van der Waals surface area contributed by atoms with Crippen molar-refractivity contribution in [3.63, 3.8) is 0 Å². The number of Topliss-reactive ketones (excluding diaryl/α,β-unsaturated/α-hetero) is 1. The van der Waals surface area contributed by atoms with Gasteiger partial charge in [0.15, 0.2) is 6.61 Å². The van der Waals surface area contributed by atoms with Crippen LogP contribution >= 0.6 is 0 Å². The molecule has 5 rings (SSSR count). The number of benzene rings is 4. The number of carbonyl (C=O) groups is 6. The number of rotatable bonds is 14. The van der Waals surface area contributed by atoms with Crippen molar-refractivity contribution in [3.05, 3.63) is 119 Å². The number of carboxylic acid groups (broad SMARTS) is 2. The molecule has 0 bridgehead atoms. The van der Waals surface area contributed by atoms with E-state index in [0.717, 1.165) is 11.1 Å². The van der Waals surface area contributed by atoms with Gasteiger partial charge >= 0.3 is 17.9 Å². The molecule has 5 aromatic rings. The Morgan fingerprint density at radius 2 is 1.42 bits per heavy atom. The van der Waals surface area contributed by atoms with Crippen LogP contribution in [0.2, 0.25) is 0 Å². The first-order chi connectivity index (χ1) is 26.8. The zero-order chi connectivity index (χ0) is 42.1. The van der Waals surface area contributed by atoms with E-state index in [1.54, 1.807) is 45.9 Å². The van der Waals surface area contributed by atoms with Gasteiger partial charge in [-0.2, -0.15) is 0 Å².